The topological polar surface area (TPSA) is 184 Å². The Morgan fingerprint density at radius 2 is 1.80 bits per heavy atom. The number of fused-ring (bicyclic) bond motifs is 2. The molecule has 0 saturated carbocycles. The summed E-state index contributed by atoms with van der Waals surface area (Å²) in [4.78, 5) is 64.4. The van der Waals surface area contributed by atoms with Gasteiger partial charge in [0.2, 0.25) is 5.91 Å². The van der Waals surface area contributed by atoms with Crippen LogP contribution in [0, 0.1) is 22.7 Å². The molecule has 2 fully saturated rings. The van der Waals surface area contributed by atoms with E-state index in [1.807, 2.05) is 62.5 Å². The number of hydrogen-bond acceptors (Lipinski definition) is 14. The number of amides is 3. The number of thiazole rings is 1. The minimum atomic E-state index is -0.661. The molecule has 76 heavy (non-hydrogen) atoms. The van der Waals surface area contributed by atoms with Gasteiger partial charge >= 0.3 is 12.1 Å². The number of carbonyl (C=O) groups is 3. The number of ether oxygens (including phenoxy) is 2. The number of rotatable bonds is 20. The summed E-state index contributed by atoms with van der Waals surface area (Å²) in [6.07, 6.45) is 10.0. The lowest BCUT2D eigenvalue weighted by atomic mass is 9.98. The van der Waals surface area contributed by atoms with Crippen LogP contribution in [0.4, 0.5) is 16.3 Å². The number of carbonyl (C=O) groups excluding carboxylic acids is 3. The first-order chi connectivity index (χ1) is 36.7. The number of hydrogen-bond donors (Lipinski definition) is 1. The predicted molar refractivity (Wildman–Crippen MR) is 298 cm³/mol. The van der Waals surface area contributed by atoms with Crippen molar-refractivity contribution in [2.75, 3.05) is 69.3 Å². The monoisotopic (exact) mass is 1070 g/mol. The zero-order valence-corrected chi connectivity index (χ0v) is 46.0. The van der Waals surface area contributed by atoms with E-state index in [0.717, 1.165) is 103 Å². The maximum Gasteiger partial charge on any atom is 0.410 e. The van der Waals surface area contributed by atoms with Crippen molar-refractivity contribution in [3.63, 3.8) is 0 Å². The van der Waals surface area contributed by atoms with E-state index in [9.17, 15) is 24.9 Å². The van der Waals surface area contributed by atoms with E-state index in [2.05, 4.69) is 68.3 Å². The average molecular weight is 1070 g/mol. The Morgan fingerprint density at radius 3 is 2.54 bits per heavy atom. The third kappa shape index (κ3) is 14.0. The van der Waals surface area contributed by atoms with Gasteiger partial charge in [-0.25, -0.2) is 9.78 Å². The van der Waals surface area contributed by atoms with Crippen molar-refractivity contribution >= 4 is 69.2 Å². The molecule has 16 nitrogen and oxygen atoms in total. The van der Waals surface area contributed by atoms with E-state index in [-0.39, 0.29) is 41.9 Å². The van der Waals surface area contributed by atoms with Crippen LogP contribution in [0.15, 0.2) is 77.8 Å². The number of nitrogens with zero attached hydrogens (tertiary/aromatic N) is 10. The molecule has 3 aliphatic rings. The van der Waals surface area contributed by atoms with Crippen molar-refractivity contribution in [3.05, 3.63) is 110 Å². The summed E-state index contributed by atoms with van der Waals surface area (Å²) in [6, 6.07) is 24.6. The molecule has 2 aromatic heterocycles. The van der Waals surface area contributed by atoms with E-state index in [0.29, 0.717) is 74.6 Å². The van der Waals surface area contributed by atoms with Gasteiger partial charge in [0.1, 0.15) is 34.7 Å². The number of nitrogens with one attached hydrogen (secondary N) is 1. The Hall–Kier alpha value is -6.79. The van der Waals surface area contributed by atoms with Crippen molar-refractivity contribution in [2.45, 2.75) is 122 Å². The Bertz CT molecular complexity index is 2930. The highest BCUT2D eigenvalue weighted by molar-refractivity contribution is 7.10. The summed E-state index contributed by atoms with van der Waals surface area (Å²) in [5.74, 6) is 0.460. The fourth-order valence-electron chi connectivity index (χ4n) is 10.6. The molecule has 3 aromatic carbocycles. The first-order valence-electron chi connectivity index (χ1n) is 26.7. The van der Waals surface area contributed by atoms with E-state index in [4.69, 9.17) is 31.0 Å². The summed E-state index contributed by atoms with van der Waals surface area (Å²) in [5.41, 5.74) is 4.39. The molecule has 0 aliphatic carbocycles. The second-order valence-electron chi connectivity index (χ2n) is 20.9. The lowest BCUT2D eigenvalue weighted by Crippen LogP contribution is -2.56. The summed E-state index contributed by atoms with van der Waals surface area (Å²) in [6.45, 7) is 13.1. The van der Waals surface area contributed by atoms with Crippen LogP contribution >= 0.6 is 22.9 Å². The van der Waals surface area contributed by atoms with Gasteiger partial charge in [-0.1, -0.05) is 73.5 Å². The maximum atomic E-state index is 13.4. The van der Waals surface area contributed by atoms with E-state index in [1.165, 1.54) is 11.3 Å². The largest absolute Gasteiger partial charge is 0.462 e. The summed E-state index contributed by atoms with van der Waals surface area (Å²) >= 11 is 8.20. The average Bonchev–Trinajstić information content (AvgIpc) is 4.14. The van der Waals surface area contributed by atoms with Gasteiger partial charge < -0.3 is 34.4 Å². The Morgan fingerprint density at radius 1 is 1.00 bits per heavy atom. The fourth-order valence-corrected chi connectivity index (χ4v) is 11.4. The number of unbranched alkanes of at least 4 members (excludes halogenated alkanes) is 1. The lowest BCUT2D eigenvalue weighted by Gasteiger charge is -2.42. The van der Waals surface area contributed by atoms with E-state index in [1.54, 1.807) is 29.1 Å². The van der Waals surface area contributed by atoms with Crippen LogP contribution in [0.3, 0.4) is 0 Å². The summed E-state index contributed by atoms with van der Waals surface area (Å²) in [7, 11) is 1.74. The Balaban J connectivity index is 0.850. The highest BCUT2D eigenvalue weighted by atomic mass is 35.5. The predicted octanol–water partition coefficient (Wildman–Crippen LogP) is 9.92. The molecule has 0 bridgehead atoms. The number of likely N-dealkylation sites (tertiary alicyclic amines) is 1. The van der Waals surface area contributed by atoms with Crippen LogP contribution in [-0.2, 0) is 33.7 Å². The number of anilines is 2. The Kier molecular flexibility index (Phi) is 18.8. The van der Waals surface area contributed by atoms with Gasteiger partial charge in [0, 0.05) is 80.4 Å². The van der Waals surface area contributed by atoms with Gasteiger partial charge in [0.25, 0.3) is 5.91 Å². The summed E-state index contributed by atoms with van der Waals surface area (Å²) in [5, 5.41) is 28.0. The van der Waals surface area contributed by atoms with Crippen LogP contribution in [0.25, 0.3) is 16.8 Å². The lowest BCUT2D eigenvalue weighted by molar-refractivity contribution is -0.127. The van der Waals surface area contributed by atoms with Gasteiger partial charge in [0.05, 0.1) is 41.8 Å². The zero-order valence-electron chi connectivity index (χ0n) is 44.5. The molecule has 5 heterocycles. The normalized spacial score (nSPS) is 17.4. The van der Waals surface area contributed by atoms with Crippen LogP contribution in [0.2, 0.25) is 5.02 Å². The molecule has 3 aliphatic heterocycles. The molecule has 400 valence electrons. The smallest absolute Gasteiger partial charge is 0.410 e. The molecule has 1 unspecified atom stereocenters. The van der Waals surface area contributed by atoms with E-state index >= 15 is 0 Å². The molecular formula is C58H70ClN11O5S. The van der Waals surface area contributed by atoms with Crippen molar-refractivity contribution in [1.29, 1.82) is 10.5 Å². The molecular weight excluding hydrogens is 998 g/mol. The fraction of sp³-hybridized carbons (Fsp3) is 0.483. The van der Waals surface area contributed by atoms with Crippen molar-refractivity contribution < 1.29 is 23.9 Å². The molecule has 2 saturated heterocycles. The van der Waals surface area contributed by atoms with Crippen LogP contribution in [0.1, 0.15) is 112 Å². The SMILES string of the molecule is CCCC(c1ccc(CCC(=O)NCCCCN2CCC[C@H]2COc2nc3c(c(N4CCN(C(=O)OC(C)(C)C)[C@@H](CC#N)C4)n2)CCN(c2cccc4cccc(Cl)c24)C3)cc1)N(C)C(=O)/C(C#N)=C/c1nccs1. The van der Waals surface area contributed by atoms with Gasteiger partial charge in [0.15, 0.2) is 0 Å². The molecule has 18 heteroatoms. The number of halogens is 1. The highest BCUT2D eigenvalue weighted by Gasteiger charge is 2.36. The van der Waals surface area contributed by atoms with Gasteiger partial charge in [-0.05, 0) is 114 Å². The van der Waals surface area contributed by atoms with Gasteiger partial charge in [-0.3, -0.25) is 14.5 Å². The minimum absolute atomic E-state index is 0.0146. The minimum Gasteiger partial charge on any atom is -0.462 e. The highest BCUT2D eigenvalue weighted by Crippen LogP contribution is 2.38. The van der Waals surface area contributed by atoms with Gasteiger partial charge in [-0.2, -0.15) is 20.5 Å². The molecule has 1 N–H and O–H groups in total. The number of aryl methyl sites for hydroxylation is 1. The second-order valence-corrected chi connectivity index (χ2v) is 22.2. The van der Waals surface area contributed by atoms with Crippen molar-refractivity contribution in [2.24, 2.45) is 0 Å². The zero-order chi connectivity index (χ0) is 53.8. The van der Waals surface area contributed by atoms with Crippen LogP contribution < -0.4 is 19.9 Å². The standard InChI is InChI=1S/C58H70ClN11O5S/c1-6-12-49(66(5)55(72)43(36-61)35-52-63-28-34-76-52)41-21-18-40(19-22-41)20-23-51(71)62-27-7-8-29-67-30-11-15-45(67)39-74-56-64-48-38-68(50-17-10-14-42-13-9-16-47(59)53(42)50)31-25-46(48)54(65-56)69-32-33-70(44(37-69)24-26-60)57(73)75-58(2,3)4/h9-10,13-14,16-19,21-22,28,34-35,44-45,49H,6-8,11-12,15,20,23-25,27,29-33,37-39H2,1-5H3,(H,62,71)/b43-35+/t44-,45-,49?/m0/s1. The van der Waals surface area contributed by atoms with Crippen LogP contribution in [0.5, 0.6) is 6.01 Å². The number of aromatic nitrogens is 3. The third-order valence-electron chi connectivity index (χ3n) is 14.5. The second kappa shape index (κ2) is 25.8. The molecule has 0 spiro atoms. The molecule has 3 atom stereocenters. The molecule has 3 amide bonds. The third-order valence-corrected chi connectivity index (χ3v) is 15.5. The van der Waals surface area contributed by atoms with Crippen molar-refractivity contribution in [1.82, 2.24) is 35.0 Å². The van der Waals surface area contributed by atoms with E-state index < -0.39 is 11.7 Å². The van der Waals surface area contributed by atoms with Crippen LogP contribution in [-0.4, -0.2) is 125 Å². The first-order valence-corrected chi connectivity index (χ1v) is 27.9. The number of benzene rings is 3. The molecule has 8 rings (SSSR count). The number of likely N-dealkylation sites (N-methyl/N-ethyl adjacent to an activating group) is 1. The number of piperazine rings is 1. The number of nitriles is 2. The summed E-state index contributed by atoms with van der Waals surface area (Å²) < 4.78 is 12.3. The molecule has 5 aromatic rings. The van der Waals surface area contributed by atoms with Crippen molar-refractivity contribution in [3.8, 4) is 18.1 Å². The first kappa shape index (κ1) is 55.4. The molecule has 0 radical (unpaired) electrons. The quantitative estimate of drug-likeness (QED) is 0.0442. The maximum absolute atomic E-state index is 13.4. The Labute approximate surface area is 456 Å². The van der Waals surface area contributed by atoms with Gasteiger partial charge in [-0.15, -0.1) is 11.3 Å².